The van der Waals surface area contributed by atoms with Gasteiger partial charge in [-0.05, 0) is 37.3 Å². The second-order valence-corrected chi connectivity index (χ2v) is 7.61. The highest BCUT2D eigenvalue weighted by atomic mass is 32.2. The van der Waals surface area contributed by atoms with Crippen LogP contribution in [0.25, 0.3) is 0 Å². The van der Waals surface area contributed by atoms with Gasteiger partial charge in [0.15, 0.2) is 4.90 Å². The van der Waals surface area contributed by atoms with Crippen molar-refractivity contribution in [2.24, 2.45) is 5.92 Å². The third-order valence-electron chi connectivity index (χ3n) is 4.03. The Hall–Kier alpha value is -1.09. The Labute approximate surface area is 134 Å². The molecule has 1 aliphatic carbocycles. The smallest absolute Gasteiger partial charge is 0.246 e. The number of halogens is 2. The van der Waals surface area contributed by atoms with Gasteiger partial charge >= 0.3 is 0 Å². The molecule has 2 aliphatic rings. The zero-order valence-corrected chi connectivity index (χ0v) is 13.3. The first kappa shape index (κ1) is 16.8. The fraction of sp³-hybridized carbons (Fsp3) is 0.600. The number of sulfonamides is 1. The molecule has 1 saturated carbocycles. The van der Waals surface area contributed by atoms with Gasteiger partial charge in [0.25, 0.3) is 0 Å². The molecule has 2 atom stereocenters. The van der Waals surface area contributed by atoms with Crippen LogP contribution in [0.4, 0.5) is 8.78 Å². The predicted molar refractivity (Wildman–Crippen MR) is 78.4 cm³/mol. The lowest BCUT2D eigenvalue weighted by atomic mass is 10.1. The summed E-state index contributed by atoms with van der Waals surface area (Å²) in [6, 6.07) is 2.28. The minimum absolute atomic E-state index is 0.116. The van der Waals surface area contributed by atoms with Gasteiger partial charge in [0, 0.05) is 13.2 Å². The van der Waals surface area contributed by atoms with E-state index >= 15 is 0 Å². The molecule has 2 fully saturated rings. The highest BCUT2D eigenvalue weighted by Gasteiger charge is 2.34. The first-order valence-corrected chi connectivity index (χ1v) is 9.11. The summed E-state index contributed by atoms with van der Waals surface area (Å²) in [5.74, 6) is -1.70. The number of benzene rings is 1. The fourth-order valence-electron chi connectivity index (χ4n) is 2.57. The molecule has 1 aromatic rings. The van der Waals surface area contributed by atoms with Crippen molar-refractivity contribution in [3.8, 4) is 0 Å². The Morgan fingerprint density at radius 3 is 2.57 bits per heavy atom. The van der Waals surface area contributed by atoms with Crippen molar-refractivity contribution in [2.45, 2.75) is 36.3 Å². The van der Waals surface area contributed by atoms with E-state index in [-0.39, 0.29) is 12.7 Å². The molecule has 1 N–H and O–H groups in total. The first-order valence-electron chi connectivity index (χ1n) is 7.63. The van der Waals surface area contributed by atoms with Crippen LogP contribution in [0.2, 0.25) is 0 Å². The van der Waals surface area contributed by atoms with Crippen molar-refractivity contribution in [3.63, 3.8) is 0 Å². The maximum Gasteiger partial charge on any atom is 0.246 e. The zero-order chi connectivity index (χ0) is 16.4. The van der Waals surface area contributed by atoms with Gasteiger partial charge in [0.1, 0.15) is 11.6 Å². The third kappa shape index (κ3) is 4.06. The number of hydrogen-bond acceptors (Lipinski definition) is 4. The Bertz CT molecular complexity index is 643. The zero-order valence-electron chi connectivity index (χ0n) is 12.5. The van der Waals surface area contributed by atoms with Crippen molar-refractivity contribution in [1.82, 2.24) is 4.72 Å². The molecule has 0 unspecified atom stereocenters. The number of hydrogen-bond donors (Lipinski definition) is 1. The molecule has 0 radical (unpaired) electrons. The van der Waals surface area contributed by atoms with Gasteiger partial charge in [0.05, 0.1) is 18.8 Å². The second-order valence-electron chi connectivity index (χ2n) is 5.96. The van der Waals surface area contributed by atoms with Gasteiger partial charge < -0.3 is 9.47 Å². The summed E-state index contributed by atoms with van der Waals surface area (Å²) >= 11 is 0. The van der Waals surface area contributed by atoms with Crippen LogP contribution in [-0.2, 0) is 19.5 Å². The SMILES string of the molecule is O=S(=O)(N[C@@H]1COCC[C@@H]1OCC1CC1)c1c(F)cccc1F. The Morgan fingerprint density at radius 1 is 1.22 bits per heavy atom. The second kappa shape index (κ2) is 6.80. The van der Waals surface area contributed by atoms with Crippen molar-refractivity contribution in [3.05, 3.63) is 29.8 Å². The van der Waals surface area contributed by atoms with Crippen LogP contribution in [0, 0.1) is 17.6 Å². The maximum atomic E-state index is 13.7. The lowest BCUT2D eigenvalue weighted by Crippen LogP contribution is -2.50. The monoisotopic (exact) mass is 347 g/mol. The summed E-state index contributed by atoms with van der Waals surface area (Å²) in [5, 5.41) is 0. The van der Waals surface area contributed by atoms with Gasteiger partial charge in [-0.2, -0.15) is 0 Å². The van der Waals surface area contributed by atoms with E-state index in [0.717, 1.165) is 31.0 Å². The Kier molecular flexibility index (Phi) is 4.96. The highest BCUT2D eigenvalue weighted by Crippen LogP contribution is 2.30. The van der Waals surface area contributed by atoms with E-state index in [4.69, 9.17) is 9.47 Å². The average Bonchev–Trinajstić information content (AvgIpc) is 3.29. The average molecular weight is 347 g/mol. The van der Waals surface area contributed by atoms with E-state index in [1.54, 1.807) is 0 Å². The summed E-state index contributed by atoms with van der Waals surface area (Å²) < 4.78 is 65.5. The van der Waals surface area contributed by atoms with Crippen molar-refractivity contribution >= 4 is 10.0 Å². The van der Waals surface area contributed by atoms with Crippen LogP contribution in [-0.4, -0.2) is 40.4 Å². The Balaban J connectivity index is 1.74. The summed E-state index contributed by atoms with van der Waals surface area (Å²) in [6.45, 7) is 1.17. The molecule has 0 bridgehead atoms. The molecule has 1 aliphatic heterocycles. The van der Waals surface area contributed by atoms with E-state index in [1.807, 2.05) is 0 Å². The van der Waals surface area contributed by atoms with Crippen LogP contribution >= 0.6 is 0 Å². The molecule has 1 aromatic carbocycles. The summed E-state index contributed by atoms with van der Waals surface area (Å²) in [5.41, 5.74) is 0. The molecule has 23 heavy (non-hydrogen) atoms. The largest absolute Gasteiger partial charge is 0.380 e. The molecule has 1 heterocycles. The summed E-state index contributed by atoms with van der Waals surface area (Å²) in [7, 11) is -4.34. The third-order valence-corrected chi connectivity index (χ3v) is 5.57. The van der Waals surface area contributed by atoms with Gasteiger partial charge in [-0.1, -0.05) is 6.07 Å². The van der Waals surface area contributed by atoms with Crippen molar-refractivity contribution in [1.29, 1.82) is 0 Å². The van der Waals surface area contributed by atoms with E-state index in [2.05, 4.69) is 4.72 Å². The molecule has 3 rings (SSSR count). The van der Waals surface area contributed by atoms with E-state index in [9.17, 15) is 17.2 Å². The van der Waals surface area contributed by atoms with E-state index in [0.29, 0.717) is 25.6 Å². The molecule has 0 amide bonds. The van der Waals surface area contributed by atoms with E-state index < -0.39 is 32.6 Å². The van der Waals surface area contributed by atoms with Crippen molar-refractivity contribution in [2.75, 3.05) is 19.8 Å². The van der Waals surface area contributed by atoms with Crippen LogP contribution in [0.15, 0.2) is 23.1 Å². The number of ether oxygens (including phenoxy) is 2. The number of nitrogens with one attached hydrogen (secondary N) is 1. The minimum atomic E-state index is -4.34. The summed E-state index contributed by atoms with van der Waals surface area (Å²) in [6.07, 6.45) is 2.44. The molecular formula is C15H19F2NO4S. The van der Waals surface area contributed by atoms with Crippen LogP contribution in [0.5, 0.6) is 0 Å². The van der Waals surface area contributed by atoms with Crippen molar-refractivity contribution < 1.29 is 26.7 Å². The molecular weight excluding hydrogens is 328 g/mol. The highest BCUT2D eigenvalue weighted by molar-refractivity contribution is 7.89. The molecule has 5 nitrogen and oxygen atoms in total. The van der Waals surface area contributed by atoms with Crippen LogP contribution in [0.1, 0.15) is 19.3 Å². The van der Waals surface area contributed by atoms with Crippen LogP contribution < -0.4 is 4.72 Å². The maximum absolute atomic E-state index is 13.7. The quantitative estimate of drug-likeness (QED) is 0.853. The Morgan fingerprint density at radius 2 is 1.91 bits per heavy atom. The van der Waals surface area contributed by atoms with Gasteiger partial charge in [0.2, 0.25) is 10.0 Å². The minimum Gasteiger partial charge on any atom is -0.380 e. The predicted octanol–water partition coefficient (Wildman–Crippen LogP) is 1.83. The number of rotatable bonds is 6. The fourth-order valence-corrected chi connectivity index (χ4v) is 3.96. The lowest BCUT2D eigenvalue weighted by Gasteiger charge is -2.32. The molecule has 128 valence electrons. The molecule has 1 saturated heterocycles. The molecule has 0 spiro atoms. The topological polar surface area (TPSA) is 64.6 Å². The molecule has 0 aromatic heterocycles. The van der Waals surface area contributed by atoms with E-state index in [1.165, 1.54) is 0 Å². The summed E-state index contributed by atoms with van der Waals surface area (Å²) in [4.78, 5) is -0.966. The lowest BCUT2D eigenvalue weighted by molar-refractivity contribution is -0.0533. The van der Waals surface area contributed by atoms with Gasteiger partial charge in [-0.3, -0.25) is 0 Å². The van der Waals surface area contributed by atoms with Gasteiger partial charge in [-0.15, -0.1) is 0 Å². The molecule has 8 heteroatoms. The normalized spacial score (nSPS) is 25.5. The standard InChI is InChI=1S/C15H19F2NO4S/c16-11-2-1-3-12(17)15(11)23(19,20)18-13-9-21-7-6-14(13)22-8-10-4-5-10/h1-3,10,13-14,18H,4-9H2/t13-,14+/m1/s1. The van der Waals surface area contributed by atoms with Crippen LogP contribution in [0.3, 0.4) is 0 Å². The first-order chi connectivity index (χ1) is 11.0. The van der Waals surface area contributed by atoms with Gasteiger partial charge in [-0.25, -0.2) is 21.9 Å².